The van der Waals surface area contributed by atoms with Crippen LogP contribution in [0.2, 0.25) is 5.02 Å². The molecule has 2 aromatic carbocycles. The summed E-state index contributed by atoms with van der Waals surface area (Å²) >= 11 is 7.27. The summed E-state index contributed by atoms with van der Waals surface area (Å²) in [6.07, 6.45) is 0. The third-order valence-corrected chi connectivity index (χ3v) is 4.18. The molecule has 2 aromatic rings. The lowest BCUT2D eigenvalue weighted by atomic mass is 10.2. The Labute approximate surface area is 120 Å². The maximum absolute atomic E-state index is 12.1. The summed E-state index contributed by atoms with van der Waals surface area (Å²) in [7, 11) is 0. The Hall–Kier alpha value is -1.65. The summed E-state index contributed by atoms with van der Waals surface area (Å²) in [6, 6.07) is 13.1. The Morgan fingerprint density at radius 2 is 1.89 bits per heavy atom. The first-order chi connectivity index (χ1) is 9.13. The quantitative estimate of drug-likeness (QED) is 0.772. The maximum Gasteiger partial charge on any atom is 0.336 e. The monoisotopic (exact) mass is 290 g/mol. The van der Waals surface area contributed by atoms with Crippen LogP contribution in [0.5, 0.6) is 0 Å². The molecule has 0 spiro atoms. The Bertz CT molecular complexity index is 642. The van der Waals surface area contributed by atoms with Crippen molar-refractivity contribution in [1.82, 2.24) is 0 Å². The highest BCUT2D eigenvalue weighted by Crippen LogP contribution is 2.38. The van der Waals surface area contributed by atoms with E-state index in [1.165, 1.54) is 11.9 Å². The minimum absolute atomic E-state index is 0.148. The lowest BCUT2D eigenvalue weighted by Gasteiger charge is -2.28. The predicted octanol–water partition coefficient (Wildman–Crippen LogP) is 4.71. The van der Waals surface area contributed by atoms with Crippen LogP contribution in [0.1, 0.15) is 5.56 Å². The van der Waals surface area contributed by atoms with Gasteiger partial charge in [-0.2, -0.15) is 0 Å². The molecule has 1 aliphatic rings. The van der Waals surface area contributed by atoms with Crippen molar-refractivity contribution in [2.45, 2.75) is 11.8 Å². The fraction of sp³-hybridized carbons (Fsp3) is 0.0714. The number of hydrogen-bond acceptors (Lipinski definition) is 2. The second-order valence-corrected chi connectivity index (χ2v) is 5.72. The number of nitrogens with one attached hydrogen (secondary N) is 1. The van der Waals surface area contributed by atoms with E-state index in [2.05, 4.69) is 5.32 Å². The van der Waals surface area contributed by atoms with Crippen molar-refractivity contribution < 1.29 is 4.79 Å². The smallest absolute Gasteiger partial charge is 0.306 e. The van der Waals surface area contributed by atoms with Crippen molar-refractivity contribution >= 4 is 41.0 Å². The SMILES string of the molecule is Cc1ccc2c(c1)NC(=O)N(c1ccc(Cl)cc1)S2. The summed E-state index contributed by atoms with van der Waals surface area (Å²) in [5, 5.41) is 3.55. The van der Waals surface area contributed by atoms with Crippen LogP contribution < -0.4 is 9.62 Å². The largest absolute Gasteiger partial charge is 0.336 e. The van der Waals surface area contributed by atoms with Gasteiger partial charge in [-0.05, 0) is 60.8 Å². The van der Waals surface area contributed by atoms with Crippen molar-refractivity contribution in [1.29, 1.82) is 0 Å². The van der Waals surface area contributed by atoms with Crippen molar-refractivity contribution in [3.63, 3.8) is 0 Å². The Morgan fingerprint density at radius 1 is 1.16 bits per heavy atom. The molecule has 3 rings (SSSR count). The third-order valence-electron chi connectivity index (χ3n) is 2.81. The highest BCUT2D eigenvalue weighted by atomic mass is 35.5. The number of amides is 2. The summed E-state index contributed by atoms with van der Waals surface area (Å²) in [6.45, 7) is 2.00. The molecule has 0 bridgehead atoms. The molecule has 5 heteroatoms. The molecule has 1 N–H and O–H groups in total. The van der Waals surface area contributed by atoms with Gasteiger partial charge < -0.3 is 5.32 Å². The first kappa shape index (κ1) is 12.4. The van der Waals surface area contributed by atoms with E-state index >= 15 is 0 Å². The summed E-state index contributed by atoms with van der Waals surface area (Å²) in [5.74, 6) is 0. The summed E-state index contributed by atoms with van der Waals surface area (Å²) < 4.78 is 1.62. The van der Waals surface area contributed by atoms with Gasteiger partial charge in [0.15, 0.2) is 0 Å². The zero-order valence-electron chi connectivity index (χ0n) is 10.2. The molecule has 0 aromatic heterocycles. The zero-order valence-corrected chi connectivity index (χ0v) is 11.8. The number of fused-ring (bicyclic) bond motifs is 1. The molecule has 1 heterocycles. The molecule has 0 fully saturated rings. The van der Waals surface area contributed by atoms with Gasteiger partial charge in [-0.3, -0.25) is 0 Å². The van der Waals surface area contributed by atoms with Gasteiger partial charge in [-0.25, -0.2) is 9.10 Å². The van der Waals surface area contributed by atoms with E-state index in [1.54, 1.807) is 16.4 Å². The van der Waals surface area contributed by atoms with Crippen LogP contribution in [0, 0.1) is 6.92 Å². The molecule has 96 valence electrons. The van der Waals surface area contributed by atoms with Gasteiger partial charge in [-0.15, -0.1) is 0 Å². The van der Waals surface area contributed by atoms with E-state index in [1.807, 2.05) is 37.3 Å². The van der Waals surface area contributed by atoms with Gasteiger partial charge in [-0.1, -0.05) is 17.7 Å². The highest BCUT2D eigenvalue weighted by molar-refractivity contribution is 8.01. The van der Waals surface area contributed by atoms with Gasteiger partial charge >= 0.3 is 6.03 Å². The molecular formula is C14H11ClN2OS. The molecule has 2 amide bonds. The van der Waals surface area contributed by atoms with Crippen molar-refractivity contribution in [3.05, 3.63) is 53.1 Å². The second-order valence-electron chi connectivity index (χ2n) is 4.29. The maximum atomic E-state index is 12.1. The van der Waals surface area contributed by atoms with Gasteiger partial charge in [0.25, 0.3) is 0 Å². The fourth-order valence-electron chi connectivity index (χ4n) is 1.87. The number of anilines is 2. The molecule has 0 unspecified atom stereocenters. The van der Waals surface area contributed by atoms with Crippen LogP contribution in [0.15, 0.2) is 47.4 Å². The second kappa shape index (κ2) is 4.79. The third kappa shape index (κ3) is 2.41. The molecular weight excluding hydrogens is 280 g/mol. The summed E-state index contributed by atoms with van der Waals surface area (Å²) in [4.78, 5) is 13.1. The van der Waals surface area contributed by atoms with Gasteiger partial charge in [0.1, 0.15) is 0 Å². The number of carbonyl (C=O) groups excluding carboxylic acids is 1. The topological polar surface area (TPSA) is 32.3 Å². The van der Waals surface area contributed by atoms with Crippen LogP contribution in [0.4, 0.5) is 16.2 Å². The fourth-order valence-corrected chi connectivity index (χ4v) is 2.89. The number of benzene rings is 2. The van der Waals surface area contributed by atoms with Gasteiger partial charge in [0, 0.05) is 5.02 Å². The average molecular weight is 291 g/mol. The van der Waals surface area contributed by atoms with E-state index in [0.29, 0.717) is 5.02 Å². The predicted molar refractivity (Wildman–Crippen MR) is 80.0 cm³/mol. The van der Waals surface area contributed by atoms with Crippen molar-refractivity contribution in [2.24, 2.45) is 0 Å². The molecule has 0 atom stereocenters. The molecule has 1 aliphatic heterocycles. The number of rotatable bonds is 1. The average Bonchev–Trinajstić information content (AvgIpc) is 2.39. The van der Waals surface area contributed by atoms with E-state index in [4.69, 9.17) is 11.6 Å². The number of aryl methyl sites for hydroxylation is 1. The number of nitrogens with zero attached hydrogens (tertiary/aromatic N) is 1. The first-order valence-electron chi connectivity index (χ1n) is 5.79. The Morgan fingerprint density at radius 3 is 2.63 bits per heavy atom. The molecule has 0 saturated heterocycles. The van der Waals surface area contributed by atoms with Crippen LogP contribution in [-0.2, 0) is 0 Å². The summed E-state index contributed by atoms with van der Waals surface area (Å²) in [5.41, 5.74) is 2.79. The molecule has 0 saturated carbocycles. The highest BCUT2D eigenvalue weighted by Gasteiger charge is 2.25. The van der Waals surface area contributed by atoms with Crippen LogP contribution in [0.3, 0.4) is 0 Å². The molecule has 0 aliphatic carbocycles. The van der Waals surface area contributed by atoms with Gasteiger partial charge in [0.2, 0.25) is 0 Å². The van der Waals surface area contributed by atoms with Gasteiger partial charge in [0.05, 0.1) is 16.3 Å². The van der Waals surface area contributed by atoms with E-state index in [0.717, 1.165) is 21.8 Å². The van der Waals surface area contributed by atoms with E-state index < -0.39 is 0 Å². The van der Waals surface area contributed by atoms with E-state index in [-0.39, 0.29) is 6.03 Å². The van der Waals surface area contributed by atoms with Crippen molar-refractivity contribution in [2.75, 3.05) is 9.62 Å². The van der Waals surface area contributed by atoms with E-state index in [9.17, 15) is 4.79 Å². The van der Waals surface area contributed by atoms with Crippen LogP contribution >= 0.6 is 23.5 Å². The zero-order chi connectivity index (χ0) is 13.4. The first-order valence-corrected chi connectivity index (χ1v) is 6.94. The minimum Gasteiger partial charge on any atom is -0.306 e. The van der Waals surface area contributed by atoms with Crippen molar-refractivity contribution in [3.8, 4) is 0 Å². The lowest BCUT2D eigenvalue weighted by molar-refractivity contribution is 0.260. The minimum atomic E-state index is -0.148. The van der Waals surface area contributed by atoms with Crippen LogP contribution in [0.25, 0.3) is 0 Å². The lowest BCUT2D eigenvalue weighted by Crippen LogP contribution is -2.32. The Kier molecular flexibility index (Phi) is 3.12. The normalized spacial score (nSPS) is 14.0. The standard InChI is InChI=1S/C14H11ClN2OS/c1-9-2-7-13-12(8-9)16-14(18)17(19-13)11-5-3-10(15)4-6-11/h2-8H,1H3,(H,16,18). The number of urea groups is 1. The number of carbonyl (C=O) groups is 1. The molecule has 0 radical (unpaired) electrons. The molecule has 19 heavy (non-hydrogen) atoms. The number of hydrogen-bond donors (Lipinski definition) is 1. The molecule has 3 nitrogen and oxygen atoms in total. The van der Waals surface area contributed by atoms with Crippen LogP contribution in [-0.4, -0.2) is 6.03 Å². The number of halogens is 1. The Balaban J connectivity index is 1.95.